The highest BCUT2D eigenvalue weighted by Crippen LogP contribution is 2.36. The average Bonchev–Trinajstić information content (AvgIpc) is 2.85. The van der Waals surface area contributed by atoms with Gasteiger partial charge >= 0.3 is 5.97 Å². The van der Waals surface area contributed by atoms with Crippen molar-refractivity contribution in [1.82, 2.24) is 9.88 Å². The molecule has 1 aliphatic heterocycles. The Hall–Kier alpha value is -1.63. The number of carboxylic acid groups (broad SMARTS) is 1. The third kappa shape index (κ3) is 3.53. The fraction of sp³-hybridized carbons (Fsp3) is 0.643. The summed E-state index contributed by atoms with van der Waals surface area (Å²) in [4.78, 5) is 29.6. The first-order valence-corrected chi connectivity index (χ1v) is 8.06. The van der Waals surface area contributed by atoms with Gasteiger partial charge in [0.15, 0.2) is 5.13 Å². The van der Waals surface area contributed by atoms with Crippen molar-refractivity contribution >= 4 is 28.3 Å². The van der Waals surface area contributed by atoms with Crippen LogP contribution >= 0.6 is 11.3 Å². The van der Waals surface area contributed by atoms with Gasteiger partial charge in [0.25, 0.3) is 0 Å². The predicted molar refractivity (Wildman–Crippen MR) is 81.0 cm³/mol. The van der Waals surface area contributed by atoms with Crippen molar-refractivity contribution in [3.05, 3.63) is 11.1 Å². The third-order valence-electron chi connectivity index (χ3n) is 4.16. The minimum atomic E-state index is -0.733. The Labute approximate surface area is 128 Å². The van der Waals surface area contributed by atoms with Crippen molar-refractivity contribution in [2.75, 3.05) is 18.8 Å². The topological polar surface area (TPSA) is 96.5 Å². The Morgan fingerprint density at radius 3 is 2.62 bits per heavy atom. The maximum absolute atomic E-state index is 12.2. The first kappa shape index (κ1) is 15.8. The molecule has 0 unspecified atom stereocenters. The fourth-order valence-electron chi connectivity index (χ4n) is 2.90. The summed E-state index contributed by atoms with van der Waals surface area (Å²) in [5.41, 5.74) is 5.58. The Balaban J connectivity index is 1.93. The number of amides is 1. The van der Waals surface area contributed by atoms with E-state index < -0.39 is 11.4 Å². The van der Waals surface area contributed by atoms with E-state index in [2.05, 4.69) is 4.98 Å². The van der Waals surface area contributed by atoms with Crippen LogP contribution < -0.4 is 5.73 Å². The van der Waals surface area contributed by atoms with Crippen LogP contribution in [0.4, 0.5) is 5.13 Å². The summed E-state index contributed by atoms with van der Waals surface area (Å²) in [5.74, 6) is -0.737. The molecule has 0 aliphatic carbocycles. The number of carbonyl (C=O) groups excluding carboxylic acids is 1. The largest absolute Gasteiger partial charge is 0.481 e. The van der Waals surface area contributed by atoms with E-state index in [9.17, 15) is 14.7 Å². The van der Waals surface area contributed by atoms with Crippen LogP contribution in [0.2, 0.25) is 0 Å². The zero-order valence-corrected chi connectivity index (χ0v) is 13.0. The zero-order valence-electron chi connectivity index (χ0n) is 12.2. The number of hydrogen-bond donors (Lipinski definition) is 2. The summed E-state index contributed by atoms with van der Waals surface area (Å²) < 4.78 is 0. The Morgan fingerprint density at radius 2 is 2.14 bits per heavy atom. The van der Waals surface area contributed by atoms with Gasteiger partial charge in [0.2, 0.25) is 5.91 Å². The number of anilines is 1. The van der Waals surface area contributed by atoms with Gasteiger partial charge < -0.3 is 15.7 Å². The SMILES string of the molecule is CCCC1(C(=O)O)CCN(C(=O)Cc2csc(N)n2)CC1. The molecule has 0 saturated carbocycles. The molecule has 1 saturated heterocycles. The number of aliphatic carboxylic acids is 1. The quantitative estimate of drug-likeness (QED) is 0.863. The summed E-state index contributed by atoms with van der Waals surface area (Å²) in [6, 6.07) is 0. The fourth-order valence-corrected chi connectivity index (χ4v) is 3.47. The first-order chi connectivity index (χ1) is 9.97. The summed E-state index contributed by atoms with van der Waals surface area (Å²) in [5, 5.41) is 11.7. The van der Waals surface area contributed by atoms with Crippen molar-refractivity contribution in [2.45, 2.75) is 39.0 Å². The van der Waals surface area contributed by atoms with E-state index >= 15 is 0 Å². The number of nitrogens with two attached hydrogens (primary N) is 1. The van der Waals surface area contributed by atoms with E-state index in [1.54, 1.807) is 10.3 Å². The van der Waals surface area contributed by atoms with Gasteiger partial charge in [-0.3, -0.25) is 9.59 Å². The van der Waals surface area contributed by atoms with Gasteiger partial charge in [-0.15, -0.1) is 11.3 Å². The Bertz CT molecular complexity index is 521. The summed E-state index contributed by atoms with van der Waals surface area (Å²) in [6.07, 6.45) is 2.81. The number of rotatable bonds is 5. The lowest BCUT2D eigenvalue weighted by Crippen LogP contribution is -2.47. The number of carbonyl (C=O) groups is 2. The molecular weight excluding hydrogens is 290 g/mol. The van der Waals surface area contributed by atoms with Crippen LogP contribution in [-0.2, 0) is 16.0 Å². The minimum Gasteiger partial charge on any atom is -0.481 e. The summed E-state index contributed by atoms with van der Waals surface area (Å²) in [7, 11) is 0. The van der Waals surface area contributed by atoms with E-state index in [0.717, 1.165) is 6.42 Å². The number of hydrogen-bond acceptors (Lipinski definition) is 5. The van der Waals surface area contributed by atoms with Crippen LogP contribution in [0.1, 0.15) is 38.3 Å². The van der Waals surface area contributed by atoms with Crippen molar-refractivity contribution in [3.8, 4) is 0 Å². The van der Waals surface area contributed by atoms with Gasteiger partial charge in [-0.1, -0.05) is 13.3 Å². The van der Waals surface area contributed by atoms with Crippen LogP contribution in [0.15, 0.2) is 5.38 Å². The molecule has 0 spiro atoms. The van der Waals surface area contributed by atoms with Gasteiger partial charge in [-0.25, -0.2) is 4.98 Å². The second-order valence-corrected chi connectivity index (χ2v) is 6.46. The molecule has 0 bridgehead atoms. The van der Waals surface area contributed by atoms with Crippen molar-refractivity contribution < 1.29 is 14.7 Å². The molecule has 1 amide bonds. The smallest absolute Gasteiger partial charge is 0.309 e. The second kappa shape index (κ2) is 6.43. The first-order valence-electron chi connectivity index (χ1n) is 7.18. The lowest BCUT2D eigenvalue weighted by molar-refractivity contribution is -0.155. The molecule has 3 N–H and O–H groups in total. The molecule has 1 fully saturated rings. The maximum atomic E-state index is 12.2. The number of aromatic nitrogens is 1. The number of carboxylic acids is 1. The third-order valence-corrected chi connectivity index (χ3v) is 4.88. The molecule has 7 heteroatoms. The standard InChI is InChI=1S/C14H21N3O3S/c1-2-3-14(12(19)20)4-6-17(7-5-14)11(18)8-10-9-21-13(15)16-10/h9H,2-8H2,1H3,(H2,15,16)(H,19,20). The number of nitrogen functional groups attached to an aromatic ring is 1. The van der Waals surface area contributed by atoms with E-state index in [1.807, 2.05) is 6.92 Å². The zero-order chi connectivity index (χ0) is 15.5. The molecule has 0 atom stereocenters. The monoisotopic (exact) mass is 311 g/mol. The van der Waals surface area contributed by atoms with Crippen LogP contribution in [0.5, 0.6) is 0 Å². The lowest BCUT2D eigenvalue weighted by atomic mass is 9.75. The predicted octanol–water partition coefficient (Wildman–Crippen LogP) is 1.76. The number of piperidine rings is 1. The molecule has 2 rings (SSSR count). The molecular formula is C14H21N3O3S. The van der Waals surface area contributed by atoms with Crippen LogP contribution in [0, 0.1) is 5.41 Å². The van der Waals surface area contributed by atoms with Gasteiger partial charge in [-0.2, -0.15) is 0 Å². The van der Waals surface area contributed by atoms with Gasteiger partial charge in [-0.05, 0) is 19.3 Å². The van der Waals surface area contributed by atoms with Crippen molar-refractivity contribution in [1.29, 1.82) is 0 Å². The van der Waals surface area contributed by atoms with E-state index in [1.165, 1.54) is 11.3 Å². The van der Waals surface area contributed by atoms with E-state index in [-0.39, 0.29) is 12.3 Å². The average molecular weight is 311 g/mol. The minimum absolute atomic E-state index is 0.00390. The second-order valence-electron chi connectivity index (χ2n) is 5.57. The van der Waals surface area contributed by atoms with E-state index in [4.69, 9.17) is 5.73 Å². The molecule has 0 radical (unpaired) electrons. The normalized spacial score (nSPS) is 17.7. The summed E-state index contributed by atoms with van der Waals surface area (Å²) in [6.45, 7) is 3.00. The number of thiazole rings is 1. The number of likely N-dealkylation sites (tertiary alicyclic amines) is 1. The highest BCUT2D eigenvalue weighted by molar-refractivity contribution is 7.13. The maximum Gasteiger partial charge on any atom is 0.309 e. The van der Waals surface area contributed by atoms with Gasteiger partial charge in [0.1, 0.15) is 0 Å². The highest BCUT2D eigenvalue weighted by Gasteiger charge is 2.41. The molecule has 116 valence electrons. The Morgan fingerprint density at radius 1 is 1.48 bits per heavy atom. The van der Waals surface area contributed by atoms with Crippen LogP contribution in [-0.4, -0.2) is 40.0 Å². The Kier molecular flexibility index (Phi) is 4.82. The molecule has 0 aromatic carbocycles. The molecule has 2 heterocycles. The van der Waals surface area contributed by atoms with Crippen molar-refractivity contribution in [3.63, 3.8) is 0 Å². The number of nitrogens with zero attached hydrogens (tertiary/aromatic N) is 2. The van der Waals surface area contributed by atoms with Crippen LogP contribution in [0.3, 0.4) is 0 Å². The highest BCUT2D eigenvalue weighted by atomic mass is 32.1. The van der Waals surface area contributed by atoms with E-state index in [0.29, 0.717) is 43.2 Å². The lowest BCUT2D eigenvalue weighted by Gasteiger charge is -2.38. The van der Waals surface area contributed by atoms with Gasteiger partial charge in [0, 0.05) is 18.5 Å². The molecule has 6 nitrogen and oxygen atoms in total. The molecule has 1 aromatic rings. The summed E-state index contributed by atoms with van der Waals surface area (Å²) >= 11 is 1.32. The van der Waals surface area contributed by atoms with Crippen molar-refractivity contribution in [2.24, 2.45) is 5.41 Å². The van der Waals surface area contributed by atoms with Gasteiger partial charge in [0.05, 0.1) is 17.5 Å². The molecule has 1 aromatic heterocycles. The molecule has 21 heavy (non-hydrogen) atoms. The molecule has 1 aliphatic rings. The van der Waals surface area contributed by atoms with Crippen LogP contribution in [0.25, 0.3) is 0 Å².